The van der Waals surface area contributed by atoms with E-state index in [1.54, 1.807) is 4.68 Å². The predicted molar refractivity (Wildman–Crippen MR) is 86.9 cm³/mol. The molecule has 0 aromatic carbocycles. The standard InChI is InChI=1S/C17H28N4O2/c1-16(2,3)23-15(22)21-7-5-17(6-8-21)10-13(11-17)9-14-12-20(4)19-18-14/h12-13H,5-11H2,1-4H3. The normalized spacial score (nSPS) is 21.3. The van der Waals surface area contributed by atoms with E-state index in [2.05, 4.69) is 10.3 Å². The minimum atomic E-state index is -0.412. The molecule has 2 heterocycles. The van der Waals surface area contributed by atoms with Crippen molar-refractivity contribution < 1.29 is 9.53 Å². The number of nitrogens with zero attached hydrogens (tertiary/aromatic N) is 4. The fourth-order valence-electron chi connectivity index (χ4n) is 3.99. The average Bonchev–Trinajstić information content (AvgIpc) is 2.81. The molecule has 1 saturated heterocycles. The highest BCUT2D eigenvalue weighted by atomic mass is 16.6. The molecular weight excluding hydrogens is 292 g/mol. The molecule has 6 heteroatoms. The van der Waals surface area contributed by atoms with E-state index >= 15 is 0 Å². The molecule has 1 aromatic heterocycles. The first-order valence-electron chi connectivity index (χ1n) is 8.58. The SMILES string of the molecule is Cn1cc(CC2CC3(CCN(C(=O)OC(C)(C)C)CC3)C2)nn1. The van der Waals surface area contributed by atoms with Gasteiger partial charge < -0.3 is 9.64 Å². The van der Waals surface area contributed by atoms with E-state index in [-0.39, 0.29) is 6.09 Å². The highest BCUT2D eigenvalue weighted by Crippen LogP contribution is 2.53. The summed E-state index contributed by atoms with van der Waals surface area (Å²) in [5, 5.41) is 8.18. The highest BCUT2D eigenvalue weighted by Gasteiger charge is 2.46. The fraction of sp³-hybridized carbons (Fsp3) is 0.824. The van der Waals surface area contributed by atoms with E-state index in [0.29, 0.717) is 5.41 Å². The van der Waals surface area contributed by atoms with Gasteiger partial charge in [-0.2, -0.15) is 0 Å². The summed E-state index contributed by atoms with van der Waals surface area (Å²) in [6, 6.07) is 0. The summed E-state index contributed by atoms with van der Waals surface area (Å²) in [6.45, 7) is 7.40. The number of rotatable bonds is 2. The van der Waals surface area contributed by atoms with E-state index in [0.717, 1.165) is 44.0 Å². The lowest BCUT2D eigenvalue weighted by molar-refractivity contribution is -0.0271. The quantitative estimate of drug-likeness (QED) is 0.840. The summed E-state index contributed by atoms with van der Waals surface area (Å²) in [6.07, 6.45) is 7.59. The van der Waals surface area contributed by atoms with Crippen molar-refractivity contribution in [2.24, 2.45) is 18.4 Å². The third kappa shape index (κ3) is 3.85. The van der Waals surface area contributed by atoms with E-state index in [1.165, 1.54) is 12.8 Å². The van der Waals surface area contributed by atoms with Crippen LogP contribution in [0.2, 0.25) is 0 Å². The molecule has 0 bridgehead atoms. The van der Waals surface area contributed by atoms with Crippen LogP contribution in [-0.2, 0) is 18.2 Å². The number of ether oxygens (including phenoxy) is 1. The molecule has 6 nitrogen and oxygen atoms in total. The Morgan fingerprint density at radius 1 is 1.35 bits per heavy atom. The molecule has 3 rings (SSSR count). The second kappa shape index (κ2) is 5.80. The zero-order valence-corrected chi connectivity index (χ0v) is 14.7. The van der Waals surface area contributed by atoms with Crippen molar-refractivity contribution in [2.45, 2.75) is 58.5 Å². The molecule has 1 saturated carbocycles. The molecule has 128 valence electrons. The average molecular weight is 320 g/mol. The Kier molecular flexibility index (Phi) is 4.10. The van der Waals surface area contributed by atoms with Crippen molar-refractivity contribution in [2.75, 3.05) is 13.1 Å². The molecule has 1 amide bonds. The van der Waals surface area contributed by atoms with Gasteiger partial charge >= 0.3 is 6.09 Å². The number of amides is 1. The number of aryl methyl sites for hydroxylation is 1. The van der Waals surface area contributed by atoms with Gasteiger partial charge in [-0.3, -0.25) is 4.68 Å². The van der Waals surface area contributed by atoms with E-state index in [1.807, 2.05) is 38.9 Å². The topological polar surface area (TPSA) is 60.2 Å². The van der Waals surface area contributed by atoms with E-state index in [9.17, 15) is 4.79 Å². The lowest BCUT2D eigenvalue weighted by Crippen LogP contribution is -2.50. The van der Waals surface area contributed by atoms with Crippen molar-refractivity contribution in [3.8, 4) is 0 Å². The van der Waals surface area contributed by atoms with Gasteiger partial charge in [-0.25, -0.2) is 4.79 Å². The third-order valence-electron chi connectivity index (χ3n) is 5.07. The Balaban J connectivity index is 1.44. The van der Waals surface area contributed by atoms with Gasteiger partial charge in [0.05, 0.1) is 5.69 Å². The number of aromatic nitrogens is 3. The minimum absolute atomic E-state index is 0.164. The molecule has 0 N–H and O–H groups in total. The summed E-state index contributed by atoms with van der Waals surface area (Å²) >= 11 is 0. The molecule has 1 aliphatic carbocycles. The number of hydrogen-bond donors (Lipinski definition) is 0. The molecule has 1 spiro atoms. The van der Waals surface area contributed by atoms with Gasteiger partial charge in [0.1, 0.15) is 5.60 Å². The summed E-state index contributed by atoms with van der Waals surface area (Å²) < 4.78 is 7.24. The van der Waals surface area contributed by atoms with Gasteiger partial charge in [-0.1, -0.05) is 5.21 Å². The van der Waals surface area contributed by atoms with E-state index in [4.69, 9.17) is 4.74 Å². The Morgan fingerprint density at radius 2 is 2.00 bits per heavy atom. The fourth-order valence-corrected chi connectivity index (χ4v) is 3.99. The first-order chi connectivity index (χ1) is 10.7. The molecule has 1 aromatic rings. The third-order valence-corrected chi connectivity index (χ3v) is 5.07. The van der Waals surface area contributed by atoms with Gasteiger partial charge in [-0.05, 0) is 64.2 Å². The second-order valence-corrected chi connectivity index (χ2v) is 8.33. The minimum Gasteiger partial charge on any atom is -0.444 e. The zero-order valence-electron chi connectivity index (χ0n) is 14.7. The van der Waals surface area contributed by atoms with Crippen LogP contribution in [0.4, 0.5) is 4.79 Å². The smallest absolute Gasteiger partial charge is 0.410 e. The van der Waals surface area contributed by atoms with Gasteiger partial charge in [0.15, 0.2) is 0 Å². The highest BCUT2D eigenvalue weighted by molar-refractivity contribution is 5.68. The summed E-state index contributed by atoms with van der Waals surface area (Å²) in [5.74, 6) is 0.722. The number of likely N-dealkylation sites (tertiary alicyclic amines) is 1. The molecule has 2 fully saturated rings. The van der Waals surface area contributed by atoms with Crippen molar-refractivity contribution in [3.63, 3.8) is 0 Å². The number of carbonyl (C=O) groups excluding carboxylic acids is 1. The zero-order chi connectivity index (χ0) is 16.7. The molecule has 0 radical (unpaired) electrons. The van der Waals surface area contributed by atoms with Gasteiger partial charge in [-0.15, -0.1) is 5.10 Å². The van der Waals surface area contributed by atoms with Gasteiger partial charge in [0.25, 0.3) is 0 Å². The van der Waals surface area contributed by atoms with Crippen molar-refractivity contribution >= 4 is 6.09 Å². The second-order valence-electron chi connectivity index (χ2n) is 8.33. The van der Waals surface area contributed by atoms with Gasteiger partial charge in [0, 0.05) is 26.3 Å². The molecule has 1 aliphatic heterocycles. The van der Waals surface area contributed by atoms with Crippen molar-refractivity contribution in [3.05, 3.63) is 11.9 Å². The summed E-state index contributed by atoms with van der Waals surface area (Å²) in [7, 11) is 1.91. The van der Waals surface area contributed by atoms with Crippen molar-refractivity contribution in [1.82, 2.24) is 19.9 Å². The lowest BCUT2D eigenvalue weighted by Gasteiger charge is -2.52. The van der Waals surface area contributed by atoms with Crippen LogP contribution in [0, 0.1) is 11.3 Å². The molecular formula is C17H28N4O2. The Bertz CT molecular complexity index is 559. The van der Waals surface area contributed by atoms with Gasteiger partial charge in [0.2, 0.25) is 0 Å². The number of piperidine rings is 1. The first kappa shape index (κ1) is 16.3. The maximum Gasteiger partial charge on any atom is 0.410 e. The maximum absolute atomic E-state index is 12.1. The largest absolute Gasteiger partial charge is 0.444 e. The molecule has 0 unspecified atom stereocenters. The first-order valence-corrected chi connectivity index (χ1v) is 8.58. The van der Waals surface area contributed by atoms with E-state index < -0.39 is 5.60 Å². The van der Waals surface area contributed by atoms with Crippen LogP contribution in [0.5, 0.6) is 0 Å². The number of hydrogen-bond acceptors (Lipinski definition) is 4. The lowest BCUT2D eigenvalue weighted by atomic mass is 9.56. The van der Waals surface area contributed by atoms with Crippen molar-refractivity contribution in [1.29, 1.82) is 0 Å². The Hall–Kier alpha value is -1.59. The summed E-state index contributed by atoms with van der Waals surface area (Å²) in [5.41, 5.74) is 1.13. The van der Waals surface area contributed by atoms with Crippen LogP contribution < -0.4 is 0 Å². The van der Waals surface area contributed by atoms with Crippen LogP contribution in [0.25, 0.3) is 0 Å². The molecule has 0 atom stereocenters. The summed E-state index contributed by atoms with van der Waals surface area (Å²) in [4.78, 5) is 14.0. The van der Waals surface area contributed by atoms with Crippen LogP contribution in [0.1, 0.15) is 52.1 Å². The van der Waals surface area contributed by atoms with Crippen LogP contribution in [-0.4, -0.2) is 44.7 Å². The maximum atomic E-state index is 12.1. The number of carbonyl (C=O) groups is 1. The predicted octanol–water partition coefficient (Wildman–Crippen LogP) is 2.78. The molecule has 23 heavy (non-hydrogen) atoms. The molecule has 2 aliphatic rings. The monoisotopic (exact) mass is 320 g/mol. The Labute approximate surface area is 138 Å². The van der Waals surface area contributed by atoms with Crippen LogP contribution >= 0.6 is 0 Å². The van der Waals surface area contributed by atoms with Crippen LogP contribution in [0.15, 0.2) is 6.20 Å². The Morgan fingerprint density at radius 3 is 2.52 bits per heavy atom. The van der Waals surface area contributed by atoms with Crippen LogP contribution in [0.3, 0.4) is 0 Å².